The van der Waals surface area contributed by atoms with Crippen LogP contribution in [0.5, 0.6) is 5.75 Å². The van der Waals surface area contributed by atoms with Crippen molar-refractivity contribution in [3.8, 4) is 5.75 Å². The first-order chi connectivity index (χ1) is 12.5. The molecule has 138 valence electrons. The van der Waals surface area contributed by atoms with Crippen molar-refractivity contribution in [3.05, 3.63) is 51.5 Å². The van der Waals surface area contributed by atoms with E-state index in [1.165, 1.54) is 0 Å². The number of nitrogens with zero attached hydrogens (tertiary/aromatic N) is 1. The Bertz CT molecular complexity index is 807. The summed E-state index contributed by atoms with van der Waals surface area (Å²) in [6.07, 6.45) is 1.50. The minimum absolute atomic E-state index is 0.279. The van der Waals surface area contributed by atoms with Crippen LogP contribution in [0.25, 0.3) is 0 Å². The number of carbonyl (C=O) groups is 1. The molecule has 1 N–H and O–H groups in total. The Kier molecular flexibility index (Phi) is 6.17. The zero-order valence-electron chi connectivity index (χ0n) is 14.3. The van der Waals surface area contributed by atoms with Gasteiger partial charge >= 0.3 is 0 Å². The lowest BCUT2D eigenvalue weighted by molar-refractivity contribution is -0.122. The molecule has 0 aromatic heterocycles. The van der Waals surface area contributed by atoms with Gasteiger partial charge in [0.1, 0.15) is 5.75 Å². The maximum Gasteiger partial charge on any atom is 0.265 e. The van der Waals surface area contributed by atoms with Crippen molar-refractivity contribution in [1.82, 2.24) is 0 Å². The highest BCUT2D eigenvalue weighted by molar-refractivity contribution is 6.35. The van der Waals surface area contributed by atoms with Crippen LogP contribution in [0.3, 0.4) is 0 Å². The predicted octanol–water partition coefficient (Wildman–Crippen LogP) is 5.65. The van der Waals surface area contributed by atoms with Crippen LogP contribution in [-0.2, 0) is 4.79 Å². The van der Waals surface area contributed by atoms with Gasteiger partial charge < -0.3 is 15.0 Å². The molecule has 7 heteroatoms. The number of rotatable bonds is 5. The van der Waals surface area contributed by atoms with Crippen molar-refractivity contribution in [2.45, 2.75) is 25.9 Å². The van der Waals surface area contributed by atoms with Gasteiger partial charge in [0.15, 0.2) is 6.10 Å². The van der Waals surface area contributed by atoms with Gasteiger partial charge in [0.25, 0.3) is 5.91 Å². The van der Waals surface area contributed by atoms with Crippen molar-refractivity contribution < 1.29 is 9.53 Å². The highest BCUT2D eigenvalue weighted by Crippen LogP contribution is 2.36. The number of nitrogens with one attached hydrogen (secondary N) is 1. The Labute approximate surface area is 168 Å². The quantitative estimate of drug-likeness (QED) is 0.688. The van der Waals surface area contributed by atoms with Crippen molar-refractivity contribution in [1.29, 1.82) is 0 Å². The van der Waals surface area contributed by atoms with Crippen LogP contribution in [0.1, 0.15) is 19.8 Å². The van der Waals surface area contributed by atoms with E-state index in [1.54, 1.807) is 25.1 Å². The second kappa shape index (κ2) is 8.38. The minimum atomic E-state index is -0.737. The zero-order chi connectivity index (χ0) is 18.7. The van der Waals surface area contributed by atoms with E-state index in [4.69, 9.17) is 39.5 Å². The molecular weight excluding hydrogens is 395 g/mol. The molecule has 1 saturated heterocycles. The molecule has 0 spiro atoms. The van der Waals surface area contributed by atoms with E-state index in [0.29, 0.717) is 26.5 Å². The molecule has 0 bridgehead atoms. The summed E-state index contributed by atoms with van der Waals surface area (Å²) in [5, 5.41) is 4.41. The molecule has 2 aromatic carbocycles. The molecule has 1 fully saturated rings. The number of carbonyl (C=O) groups excluding carboxylic acids is 1. The molecule has 1 amide bonds. The van der Waals surface area contributed by atoms with Gasteiger partial charge in [-0.05, 0) is 50.1 Å². The Morgan fingerprint density at radius 2 is 1.85 bits per heavy atom. The van der Waals surface area contributed by atoms with Gasteiger partial charge in [-0.1, -0.05) is 40.9 Å². The second-order valence-electron chi connectivity index (χ2n) is 6.15. The summed E-state index contributed by atoms with van der Waals surface area (Å²) in [7, 11) is 0. The lowest BCUT2D eigenvalue weighted by Crippen LogP contribution is -2.31. The molecule has 1 aliphatic heterocycles. The molecule has 3 rings (SSSR count). The number of halogens is 3. The van der Waals surface area contributed by atoms with Gasteiger partial charge in [-0.3, -0.25) is 4.79 Å². The summed E-state index contributed by atoms with van der Waals surface area (Å²) in [5.41, 5.74) is 1.54. The van der Waals surface area contributed by atoms with Crippen LogP contribution in [0.4, 0.5) is 11.4 Å². The highest BCUT2D eigenvalue weighted by atomic mass is 35.5. The highest BCUT2D eigenvalue weighted by Gasteiger charge is 2.22. The summed E-state index contributed by atoms with van der Waals surface area (Å²) in [5.74, 6) is 0.128. The number of ether oxygens (including phenoxy) is 1. The largest absolute Gasteiger partial charge is 0.479 e. The lowest BCUT2D eigenvalue weighted by Gasteiger charge is -2.24. The number of hydrogen-bond donors (Lipinski definition) is 1. The third-order valence-electron chi connectivity index (χ3n) is 4.23. The number of anilines is 2. The van der Waals surface area contributed by atoms with Gasteiger partial charge in [0.2, 0.25) is 0 Å². The fraction of sp³-hybridized carbons (Fsp3) is 0.316. The number of hydrogen-bond acceptors (Lipinski definition) is 3. The first-order valence-electron chi connectivity index (χ1n) is 8.42. The van der Waals surface area contributed by atoms with E-state index in [-0.39, 0.29) is 5.91 Å². The predicted molar refractivity (Wildman–Crippen MR) is 108 cm³/mol. The third kappa shape index (κ3) is 4.37. The van der Waals surface area contributed by atoms with Gasteiger partial charge in [0.05, 0.1) is 21.4 Å². The van der Waals surface area contributed by atoms with E-state index in [9.17, 15) is 4.79 Å². The van der Waals surface area contributed by atoms with Crippen molar-refractivity contribution >= 4 is 52.1 Å². The summed E-state index contributed by atoms with van der Waals surface area (Å²) in [6, 6.07) is 10.4. The molecule has 4 nitrogen and oxygen atoms in total. The average Bonchev–Trinajstić information content (AvgIpc) is 3.11. The second-order valence-corrected chi connectivity index (χ2v) is 7.41. The number of benzene rings is 2. The lowest BCUT2D eigenvalue weighted by atomic mass is 10.2. The van der Waals surface area contributed by atoms with Gasteiger partial charge in [-0.2, -0.15) is 0 Å². The molecule has 1 aliphatic rings. The molecule has 0 radical (unpaired) electrons. The summed E-state index contributed by atoms with van der Waals surface area (Å²) in [6.45, 7) is 3.53. The third-order valence-corrected chi connectivity index (χ3v) is 5.07. The molecule has 1 heterocycles. The molecule has 1 atom stereocenters. The van der Waals surface area contributed by atoms with Crippen LogP contribution in [0.2, 0.25) is 15.1 Å². The molecule has 26 heavy (non-hydrogen) atoms. The molecule has 2 aromatic rings. The monoisotopic (exact) mass is 412 g/mol. The normalized spacial score (nSPS) is 15.0. The van der Waals surface area contributed by atoms with E-state index >= 15 is 0 Å². The van der Waals surface area contributed by atoms with Crippen molar-refractivity contribution in [3.63, 3.8) is 0 Å². The Hall–Kier alpha value is -1.62. The van der Waals surface area contributed by atoms with Crippen molar-refractivity contribution in [2.24, 2.45) is 0 Å². The zero-order valence-corrected chi connectivity index (χ0v) is 16.5. The molecular formula is C19H19Cl3N2O2. The molecule has 0 saturated carbocycles. The number of amides is 1. The fourth-order valence-electron chi connectivity index (χ4n) is 2.93. The van der Waals surface area contributed by atoms with Crippen LogP contribution >= 0.6 is 34.8 Å². The van der Waals surface area contributed by atoms with Crippen LogP contribution < -0.4 is 15.0 Å². The van der Waals surface area contributed by atoms with E-state index in [0.717, 1.165) is 31.6 Å². The molecule has 0 aliphatic carbocycles. The van der Waals surface area contributed by atoms with Gasteiger partial charge in [0, 0.05) is 18.1 Å². The number of para-hydroxylation sites is 1. The van der Waals surface area contributed by atoms with E-state index in [1.807, 2.05) is 18.2 Å². The Morgan fingerprint density at radius 1 is 1.12 bits per heavy atom. The Morgan fingerprint density at radius 3 is 2.54 bits per heavy atom. The first kappa shape index (κ1) is 19.2. The molecule has 0 unspecified atom stereocenters. The smallest absolute Gasteiger partial charge is 0.265 e. The SMILES string of the molecule is C[C@@H](Oc1ccc(Cl)cc1Cl)C(=O)Nc1cccc(Cl)c1N1CCCC1. The fourth-order valence-corrected chi connectivity index (χ4v) is 3.67. The first-order valence-corrected chi connectivity index (χ1v) is 9.55. The van der Waals surface area contributed by atoms with Crippen LogP contribution in [0.15, 0.2) is 36.4 Å². The van der Waals surface area contributed by atoms with E-state index in [2.05, 4.69) is 10.2 Å². The van der Waals surface area contributed by atoms with Crippen LogP contribution in [0, 0.1) is 0 Å². The summed E-state index contributed by atoms with van der Waals surface area (Å²) >= 11 is 18.4. The van der Waals surface area contributed by atoms with Crippen molar-refractivity contribution in [2.75, 3.05) is 23.3 Å². The minimum Gasteiger partial charge on any atom is -0.479 e. The standard InChI is InChI=1S/C19H19Cl3N2O2/c1-12(26-17-8-7-13(20)11-15(17)22)19(25)23-16-6-4-5-14(21)18(16)24-9-2-3-10-24/h4-8,11-12H,2-3,9-10H2,1H3,(H,23,25)/t12-/m1/s1. The summed E-state index contributed by atoms with van der Waals surface area (Å²) in [4.78, 5) is 14.8. The topological polar surface area (TPSA) is 41.6 Å². The van der Waals surface area contributed by atoms with Gasteiger partial charge in [-0.15, -0.1) is 0 Å². The summed E-state index contributed by atoms with van der Waals surface area (Å²) < 4.78 is 5.68. The van der Waals surface area contributed by atoms with Crippen LogP contribution in [-0.4, -0.2) is 25.1 Å². The van der Waals surface area contributed by atoms with Gasteiger partial charge in [-0.25, -0.2) is 0 Å². The maximum absolute atomic E-state index is 12.6. The maximum atomic E-state index is 12.6. The Balaban J connectivity index is 1.74. The van der Waals surface area contributed by atoms with E-state index < -0.39 is 6.10 Å². The average molecular weight is 414 g/mol.